The highest BCUT2D eigenvalue weighted by molar-refractivity contribution is 6.03. The number of methoxy groups -OCH3 is 1. The van der Waals surface area contributed by atoms with Crippen LogP contribution in [0.15, 0.2) is 55.1 Å². The number of hydrogen-bond donors (Lipinski definition) is 1. The lowest BCUT2D eigenvalue weighted by Gasteiger charge is -2.25. The van der Waals surface area contributed by atoms with Crippen molar-refractivity contribution < 1.29 is 23.8 Å². The maximum atomic E-state index is 13.3. The summed E-state index contributed by atoms with van der Waals surface area (Å²) in [6, 6.07) is 12.5. The molecule has 2 rings (SSSR count). The maximum Gasteiger partial charge on any atom is 0.340 e. The number of carbonyl (C=O) groups excluding carboxylic acids is 2. The van der Waals surface area contributed by atoms with Crippen molar-refractivity contribution in [2.45, 2.75) is 46.0 Å². The van der Waals surface area contributed by atoms with Crippen molar-refractivity contribution in [1.29, 1.82) is 0 Å². The summed E-state index contributed by atoms with van der Waals surface area (Å²) in [5.41, 5.74) is 1.73. The number of carbonyl (C=O) groups is 2. The van der Waals surface area contributed by atoms with Gasteiger partial charge in [0.1, 0.15) is 11.5 Å². The van der Waals surface area contributed by atoms with E-state index in [1.165, 1.54) is 0 Å². The van der Waals surface area contributed by atoms with Crippen molar-refractivity contribution in [3.05, 3.63) is 60.7 Å². The minimum absolute atomic E-state index is 0.155. The molecule has 0 fully saturated rings. The van der Waals surface area contributed by atoms with Crippen LogP contribution in [0.2, 0.25) is 0 Å². The molecule has 1 N–H and O–H groups in total. The summed E-state index contributed by atoms with van der Waals surface area (Å²) in [4.78, 5) is 27.7. The summed E-state index contributed by atoms with van der Waals surface area (Å²) in [6.45, 7) is 8.93. The van der Waals surface area contributed by atoms with Crippen molar-refractivity contribution >= 4 is 23.3 Å². The van der Waals surface area contributed by atoms with Crippen LogP contribution in [0.4, 0.5) is 11.4 Å². The second kappa shape index (κ2) is 15.4. The van der Waals surface area contributed by atoms with Crippen LogP contribution in [0.25, 0.3) is 0 Å². The molecular weight excluding hydrogens is 444 g/mol. The van der Waals surface area contributed by atoms with Gasteiger partial charge >= 0.3 is 5.97 Å². The standard InChI is InChI=1S/C28H38N2O5/c1-5-8-10-11-18-29-22-12-17-25(28(32)34-7-3)26(20-22)30(19-9-6-2)27(31)21-35-24-15-13-23(33-4)14-16-24/h5,12-17,20,29H,1,6-11,18-19,21H2,2-4H3. The number of hydrogen-bond acceptors (Lipinski definition) is 6. The predicted octanol–water partition coefficient (Wildman–Crippen LogP) is 5.85. The molecule has 0 bridgehead atoms. The number of unbranched alkanes of at least 4 members (excludes halogenated alkanes) is 3. The second-order valence-corrected chi connectivity index (χ2v) is 8.03. The Hall–Kier alpha value is -3.48. The minimum Gasteiger partial charge on any atom is -0.497 e. The van der Waals surface area contributed by atoms with Crippen LogP contribution in [0, 0.1) is 0 Å². The summed E-state index contributed by atoms with van der Waals surface area (Å²) < 4.78 is 16.2. The molecule has 190 valence electrons. The van der Waals surface area contributed by atoms with Gasteiger partial charge < -0.3 is 24.4 Å². The molecule has 0 aromatic heterocycles. The molecule has 0 heterocycles. The molecule has 0 saturated heterocycles. The SMILES string of the molecule is C=CCCCCNc1ccc(C(=O)OCC)c(N(CCCC)C(=O)COc2ccc(OC)cc2)c1. The number of esters is 1. The van der Waals surface area contributed by atoms with Crippen molar-refractivity contribution in [3.8, 4) is 11.5 Å². The van der Waals surface area contributed by atoms with E-state index in [-0.39, 0.29) is 19.1 Å². The predicted molar refractivity (Wildman–Crippen MR) is 141 cm³/mol. The zero-order valence-corrected chi connectivity index (χ0v) is 21.2. The molecule has 2 aromatic rings. The van der Waals surface area contributed by atoms with E-state index >= 15 is 0 Å². The van der Waals surface area contributed by atoms with E-state index in [0.29, 0.717) is 29.3 Å². The Balaban J connectivity index is 2.26. The molecule has 0 saturated carbocycles. The maximum absolute atomic E-state index is 13.3. The molecule has 0 unspecified atom stereocenters. The van der Waals surface area contributed by atoms with Gasteiger partial charge in [0.2, 0.25) is 0 Å². The first-order chi connectivity index (χ1) is 17.0. The van der Waals surface area contributed by atoms with Gasteiger partial charge in [-0.1, -0.05) is 19.4 Å². The Labute approximate surface area is 209 Å². The van der Waals surface area contributed by atoms with Gasteiger partial charge in [0.15, 0.2) is 6.61 Å². The van der Waals surface area contributed by atoms with Crippen molar-refractivity contribution in [2.24, 2.45) is 0 Å². The lowest BCUT2D eigenvalue weighted by molar-refractivity contribution is -0.120. The third-order valence-electron chi connectivity index (χ3n) is 5.41. The van der Waals surface area contributed by atoms with Crippen molar-refractivity contribution in [3.63, 3.8) is 0 Å². The molecule has 35 heavy (non-hydrogen) atoms. The first-order valence-corrected chi connectivity index (χ1v) is 12.3. The third-order valence-corrected chi connectivity index (χ3v) is 5.41. The summed E-state index contributed by atoms with van der Waals surface area (Å²) >= 11 is 0. The summed E-state index contributed by atoms with van der Waals surface area (Å²) in [5, 5.41) is 3.39. The normalized spacial score (nSPS) is 10.4. The largest absolute Gasteiger partial charge is 0.497 e. The quantitative estimate of drug-likeness (QED) is 0.184. The van der Waals surface area contributed by atoms with Gasteiger partial charge in [0.05, 0.1) is 25.0 Å². The van der Waals surface area contributed by atoms with Gasteiger partial charge in [-0.15, -0.1) is 6.58 Å². The number of nitrogens with one attached hydrogen (secondary N) is 1. The zero-order chi connectivity index (χ0) is 25.5. The highest BCUT2D eigenvalue weighted by atomic mass is 16.5. The fraction of sp³-hybridized carbons (Fsp3) is 0.429. The Kier molecular flexibility index (Phi) is 12.2. The number of anilines is 2. The Morgan fingerprint density at radius 1 is 1.03 bits per heavy atom. The lowest BCUT2D eigenvalue weighted by atomic mass is 10.1. The smallest absolute Gasteiger partial charge is 0.340 e. The van der Waals surface area contributed by atoms with Crippen LogP contribution in [0.5, 0.6) is 11.5 Å². The number of amides is 1. The van der Waals surface area contributed by atoms with Gasteiger partial charge in [0, 0.05) is 18.8 Å². The van der Waals surface area contributed by atoms with Crippen LogP contribution < -0.4 is 19.7 Å². The van der Waals surface area contributed by atoms with Crippen LogP contribution in [0.1, 0.15) is 56.3 Å². The number of nitrogens with zero attached hydrogens (tertiary/aromatic N) is 1. The molecule has 1 amide bonds. The summed E-state index contributed by atoms with van der Waals surface area (Å²) in [7, 11) is 1.59. The van der Waals surface area contributed by atoms with Crippen LogP contribution in [-0.4, -0.2) is 45.3 Å². The molecule has 0 aliphatic heterocycles. The molecule has 0 atom stereocenters. The van der Waals surface area contributed by atoms with E-state index in [0.717, 1.165) is 44.3 Å². The first kappa shape index (κ1) is 27.8. The second-order valence-electron chi connectivity index (χ2n) is 8.03. The monoisotopic (exact) mass is 482 g/mol. The van der Waals surface area contributed by atoms with E-state index in [1.54, 1.807) is 49.3 Å². The fourth-order valence-electron chi connectivity index (χ4n) is 3.48. The van der Waals surface area contributed by atoms with Gasteiger partial charge in [-0.3, -0.25) is 4.79 Å². The fourth-order valence-corrected chi connectivity index (χ4v) is 3.48. The zero-order valence-electron chi connectivity index (χ0n) is 21.2. The average molecular weight is 483 g/mol. The van der Waals surface area contributed by atoms with Crippen LogP contribution in [-0.2, 0) is 9.53 Å². The Morgan fingerprint density at radius 3 is 2.43 bits per heavy atom. The molecule has 7 nitrogen and oxygen atoms in total. The topological polar surface area (TPSA) is 77.1 Å². The molecule has 0 aliphatic rings. The Morgan fingerprint density at radius 2 is 1.77 bits per heavy atom. The first-order valence-electron chi connectivity index (χ1n) is 12.3. The van der Waals surface area contributed by atoms with Gasteiger partial charge in [-0.05, 0) is 75.1 Å². The van der Waals surface area contributed by atoms with Gasteiger partial charge in [0.25, 0.3) is 5.91 Å². The van der Waals surface area contributed by atoms with E-state index in [9.17, 15) is 9.59 Å². The minimum atomic E-state index is -0.453. The Bertz CT molecular complexity index is 943. The van der Waals surface area contributed by atoms with Crippen LogP contribution >= 0.6 is 0 Å². The summed E-state index contributed by atoms with van der Waals surface area (Å²) in [6.07, 6.45) is 6.62. The summed E-state index contributed by atoms with van der Waals surface area (Å²) in [5.74, 6) is 0.588. The number of rotatable bonds is 16. The number of benzene rings is 2. The van der Waals surface area contributed by atoms with Gasteiger partial charge in [-0.2, -0.15) is 0 Å². The number of allylic oxidation sites excluding steroid dienone is 1. The lowest BCUT2D eigenvalue weighted by Crippen LogP contribution is -2.37. The van der Waals surface area contributed by atoms with Gasteiger partial charge in [-0.25, -0.2) is 4.79 Å². The molecule has 0 aliphatic carbocycles. The molecule has 0 radical (unpaired) electrons. The van der Waals surface area contributed by atoms with E-state index in [1.807, 2.05) is 18.2 Å². The average Bonchev–Trinajstić information content (AvgIpc) is 2.88. The highest BCUT2D eigenvalue weighted by Crippen LogP contribution is 2.27. The number of ether oxygens (including phenoxy) is 3. The third kappa shape index (κ3) is 9.00. The highest BCUT2D eigenvalue weighted by Gasteiger charge is 2.23. The molecule has 0 spiro atoms. The van der Waals surface area contributed by atoms with Crippen molar-refractivity contribution in [2.75, 3.05) is 43.6 Å². The molecule has 7 heteroatoms. The van der Waals surface area contributed by atoms with Crippen LogP contribution in [0.3, 0.4) is 0 Å². The van der Waals surface area contributed by atoms with E-state index in [2.05, 4.69) is 18.8 Å². The van der Waals surface area contributed by atoms with E-state index in [4.69, 9.17) is 14.2 Å². The molecule has 2 aromatic carbocycles. The van der Waals surface area contributed by atoms with Crippen molar-refractivity contribution in [1.82, 2.24) is 0 Å². The molecular formula is C28H38N2O5. The van der Waals surface area contributed by atoms with E-state index < -0.39 is 5.97 Å².